The Hall–Kier alpha value is -0.0800. The van der Waals surface area contributed by atoms with Gasteiger partial charge in [0.15, 0.2) is 0 Å². The minimum atomic E-state index is 0.769. The number of unbranched alkanes of at least 4 members (excludes halogenated alkanes) is 6. The smallest absolute Gasteiger partial charge is 0.0207 e. The molecule has 1 aliphatic heterocycles. The summed E-state index contributed by atoms with van der Waals surface area (Å²) in [6, 6.07) is 0.769. The molecule has 0 aromatic heterocycles. The molecule has 0 spiro atoms. The number of nitrogens with one attached hydrogen (secondary N) is 1. The summed E-state index contributed by atoms with van der Waals surface area (Å²) < 4.78 is 0. The zero-order chi connectivity index (χ0) is 11.6. The molecule has 1 aliphatic rings. The summed E-state index contributed by atoms with van der Waals surface area (Å²) in [5, 5.41) is 3.67. The van der Waals surface area contributed by atoms with E-state index in [4.69, 9.17) is 0 Å². The summed E-state index contributed by atoms with van der Waals surface area (Å²) in [6.07, 6.45) is 11.2. The van der Waals surface area contributed by atoms with Crippen LogP contribution in [0, 0.1) is 0 Å². The van der Waals surface area contributed by atoms with Gasteiger partial charge in [-0.2, -0.15) is 0 Å². The Morgan fingerprint density at radius 2 is 1.75 bits per heavy atom. The molecule has 1 unspecified atom stereocenters. The largest absolute Gasteiger partial charge is 0.313 e. The molecule has 0 aromatic rings. The van der Waals surface area contributed by atoms with Crippen LogP contribution in [0.15, 0.2) is 0 Å². The Morgan fingerprint density at radius 1 is 1.06 bits per heavy atom. The number of hydrogen-bond donors (Lipinski definition) is 1. The van der Waals surface area contributed by atoms with Crippen LogP contribution in [-0.2, 0) is 0 Å². The Balaban J connectivity index is 1.78. The molecule has 0 amide bonds. The lowest BCUT2D eigenvalue weighted by Gasteiger charge is -2.12. The zero-order valence-electron chi connectivity index (χ0n) is 11.3. The van der Waals surface area contributed by atoms with Gasteiger partial charge in [-0.1, -0.05) is 45.4 Å². The van der Waals surface area contributed by atoms with E-state index in [2.05, 4.69) is 24.2 Å². The van der Waals surface area contributed by atoms with Crippen LogP contribution in [0.3, 0.4) is 0 Å². The first-order valence-electron chi connectivity index (χ1n) is 7.25. The van der Waals surface area contributed by atoms with E-state index in [9.17, 15) is 0 Å². The molecule has 1 heterocycles. The van der Waals surface area contributed by atoms with Gasteiger partial charge in [0.25, 0.3) is 0 Å². The maximum absolute atomic E-state index is 3.67. The average Bonchev–Trinajstić information content (AvgIpc) is 2.68. The van der Waals surface area contributed by atoms with E-state index >= 15 is 0 Å². The van der Waals surface area contributed by atoms with Crippen LogP contribution >= 0.6 is 0 Å². The lowest BCUT2D eigenvalue weighted by molar-refractivity contribution is 0.396. The van der Waals surface area contributed by atoms with Crippen LogP contribution < -0.4 is 5.32 Å². The van der Waals surface area contributed by atoms with Gasteiger partial charge in [-0.25, -0.2) is 0 Å². The first-order chi connectivity index (χ1) is 7.83. The molecule has 1 saturated heterocycles. The van der Waals surface area contributed by atoms with Crippen molar-refractivity contribution in [2.75, 3.05) is 26.7 Å². The fourth-order valence-corrected chi connectivity index (χ4v) is 2.49. The van der Waals surface area contributed by atoms with E-state index in [1.54, 1.807) is 0 Å². The molecule has 0 aliphatic carbocycles. The molecule has 1 fully saturated rings. The molecule has 0 aromatic carbocycles. The average molecular weight is 226 g/mol. The molecule has 0 radical (unpaired) electrons. The van der Waals surface area contributed by atoms with Gasteiger partial charge in [0.1, 0.15) is 0 Å². The highest BCUT2D eigenvalue weighted by Crippen LogP contribution is 2.08. The highest BCUT2D eigenvalue weighted by molar-refractivity contribution is 4.78. The van der Waals surface area contributed by atoms with Crippen molar-refractivity contribution < 1.29 is 0 Å². The number of likely N-dealkylation sites (N-methyl/N-ethyl adjacent to an activating group) is 1. The maximum atomic E-state index is 3.67. The minimum absolute atomic E-state index is 0.769. The molecule has 1 rings (SSSR count). The number of likely N-dealkylation sites (tertiary alicyclic amines) is 1. The van der Waals surface area contributed by atoms with Crippen LogP contribution in [0.5, 0.6) is 0 Å². The van der Waals surface area contributed by atoms with Gasteiger partial charge < -0.3 is 10.2 Å². The second kappa shape index (κ2) is 9.00. The fourth-order valence-electron chi connectivity index (χ4n) is 2.49. The third-order valence-corrected chi connectivity index (χ3v) is 3.60. The van der Waals surface area contributed by atoms with Crippen LogP contribution in [0.4, 0.5) is 0 Å². The molecule has 2 heteroatoms. The number of hydrogen-bond acceptors (Lipinski definition) is 2. The van der Waals surface area contributed by atoms with Crippen molar-refractivity contribution >= 4 is 0 Å². The van der Waals surface area contributed by atoms with Gasteiger partial charge in [-0.3, -0.25) is 0 Å². The summed E-state index contributed by atoms with van der Waals surface area (Å²) in [7, 11) is 2.22. The van der Waals surface area contributed by atoms with E-state index in [0.717, 1.165) is 6.04 Å². The summed E-state index contributed by atoms with van der Waals surface area (Å²) in [4.78, 5) is 2.42. The van der Waals surface area contributed by atoms with Gasteiger partial charge in [-0.15, -0.1) is 0 Å². The van der Waals surface area contributed by atoms with Crippen molar-refractivity contribution in [1.29, 1.82) is 0 Å². The zero-order valence-corrected chi connectivity index (χ0v) is 11.3. The van der Waals surface area contributed by atoms with Gasteiger partial charge in [0.05, 0.1) is 0 Å². The van der Waals surface area contributed by atoms with E-state index in [1.807, 2.05) is 0 Å². The quantitative estimate of drug-likeness (QED) is 0.608. The van der Waals surface area contributed by atoms with Crippen LogP contribution in [0.2, 0.25) is 0 Å². The van der Waals surface area contributed by atoms with Crippen LogP contribution in [0.25, 0.3) is 0 Å². The molecule has 0 saturated carbocycles. The highest BCUT2D eigenvalue weighted by atomic mass is 15.2. The van der Waals surface area contributed by atoms with Crippen molar-refractivity contribution in [2.45, 2.75) is 64.3 Å². The summed E-state index contributed by atoms with van der Waals surface area (Å²) in [5.74, 6) is 0. The highest BCUT2D eigenvalue weighted by Gasteiger charge is 2.17. The van der Waals surface area contributed by atoms with Crippen LogP contribution in [-0.4, -0.2) is 37.6 Å². The summed E-state index contributed by atoms with van der Waals surface area (Å²) in [6.45, 7) is 6.03. The van der Waals surface area contributed by atoms with Crippen molar-refractivity contribution in [3.05, 3.63) is 0 Å². The topological polar surface area (TPSA) is 15.3 Å². The molecule has 1 N–H and O–H groups in total. The Bertz CT molecular complexity index is 159. The third-order valence-electron chi connectivity index (χ3n) is 3.60. The first kappa shape index (κ1) is 14.0. The molecule has 1 atom stereocenters. The van der Waals surface area contributed by atoms with E-state index in [0.29, 0.717) is 0 Å². The van der Waals surface area contributed by atoms with E-state index in [1.165, 1.54) is 71.0 Å². The van der Waals surface area contributed by atoms with Gasteiger partial charge in [-0.05, 0) is 33.0 Å². The molecular weight excluding hydrogens is 196 g/mol. The SMILES string of the molecule is CCCCCCCCCNC1CCN(C)C1. The van der Waals surface area contributed by atoms with Gasteiger partial charge >= 0.3 is 0 Å². The van der Waals surface area contributed by atoms with Crippen molar-refractivity contribution in [3.8, 4) is 0 Å². The van der Waals surface area contributed by atoms with E-state index in [-0.39, 0.29) is 0 Å². The second-order valence-electron chi connectivity index (χ2n) is 5.32. The molecule has 2 nitrogen and oxygen atoms in total. The molecular formula is C14H30N2. The standard InChI is InChI=1S/C14H30N2/c1-3-4-5-6-7-8-9-11-15-14-10-12-16(2)13-14/h14-15H,3-13H2,1-2H3. The Morgan fingerprint density at radius 3 is 2.38 bits per heavy atom. The Labute approximate surface area is 102 Å². The second-order valence-corrected chi connectivity index (χ2v) is 5.32. The van der Waals surface area contributed by atoms with Gasteiger partial charge in [0, 0.05) is 12.6 Å². The molecule has 0 bridgehead atoms. The minimum Gasteiger partial charge on any atom is -0.313 e. The molecule has 96 valence electrons. The Kier molecular flexibility index (Phi) is 7.87. The van der Waals surface area contributed by atoms with Crippen molar-refractivity contribution in [3.63, 3.8) is 0 Å². The maximum Gasteiger partial charge on any atom is 0.0207 e. The lowest BCUT2D eigenvalue weighted by atomic mass is 10.1. The molecule has 16 heavy (non-hydrogen) atoms. The monoisotopic (exact) mass is 226 g/mol. The number of rotatable bonds is 9. The van der Waals surface area contributed by atoms with Crippen molar-refractivity contribution in [2.24, 2.45) is 0 Å². The van der Waals surface area contributed by atoms with Crippen LogP contribution in [0.1, 0.15) is 58.3 Å². The predicted molar refractivity (Wildman–Crippen MR) is 71.9 cm³/mol. The normalized spacial score (nSPS) is 21.8. The van der Waals surface area contributed by atoms with Crippen molar-refractivity contribution in [1.82, 2.24) is 10.2 Å². The summed E-state index contributed by atoms with van der Waals surface area (Å²) in [5.41, 5.74) is 0. The number of nitrogens with zero attached hydrogens (tertiary/aromatic N) is 1. The van der Waals surface area contributed by atoms with Gasteiger partial charge in [0.2, 0.25) is 0 Å². The first-order valence-corrected chi connectivity index (χ1v) is 7.25. The summed E-state index contributed by atoms with van der Waals surface area (Å²) >= 11 is 0. The fraction of sp³-hybridized carbons (Fsp3) is 1.00. The lowest BCUT2D eigenvalue weighted by Crippen LogP contribution is -2.32. The predicted octanol–water partition coefficient (Wildman–Crippen LogP) is 3.03. The van der Waals surface area contributed by atoms with E-state index < -0.39 is 0 Å². The third kappa shape index (κ3) is 6.49.